The summed E-state index contributed by atoms with van der Waals surface area (Å²) in [7, 11) is 0. The second-order valence-electron chi connectivity index (χ2n) is 4.73. The summed E-state index contributed by atoms with van der Waals surface area (Å²) in [4.78, 5) is 34.7. The van der Waals surface area contributed by atoms with Crippen molar-refractivity contribution in [1.29, 1.82) is 0 Å². The van der Waals surface area contributed by atoms with Gasteiger partial charge in [0.15, 0.2) is 0 Å². The number of para-hydroxylation sites is 1. The second kappa shape index (κ2) is 7.35. The summed E-state index contributed by atoms with van der Waals surface area (Å²) >= 11 is 0. The summed E-state index contributed by atoms with van der Waals surface area (Å²) in [5, 5.41) is 9.76. The molecule has 0 unspecified atom stereocenters. The Labute approximate surface area is 127 Å². The average molecular weight is 302 g/mol. The van der Waals surface area contributed by atoms with E-state index in [0.717, 1.165) is 0 Å². The van der Waals surface area contributed by atoms with Crippen LogP contribution in [0.1, 0.15) is 13.3 Å². The summed E-state index contributed by atoms with van der Waals surface area (Å²) in [6.45, 7) is 2.64. The van der Waals surface area contributed by atoms with Gasteiger partial charge < -0.3 is 10.6 Å². The van der Waals surface area contributed by atoms with Crippen LogP contribution in [0.25, 0.3) is 10.9 Å². The van der Waals surface area contributed by atoms with Gasteiger partial charge in [-0.25, -0.2) is 0 Å². The number of hydrogen-bond donors (Lipinski definition) is 2. The molecule has 0 radical (unpaired) electrons. The lowest BCUT2D eigenvalue weighted by atomic mass is 10.2. The number of rotatable bonds is 6. The van der Waals surface area contributed by atoms with E-state index in [2.05, 4.69) is 15.7 Å². The van der Waals surface area contributed by atoms with E-state index < -0.39 is 0 Å². The molecule has 22 heavy (non-hydrogen) atoms. The van der Waals surface area contributed by atoms with Gasteiger partial charge >= 0.3 is 0 Å². The van der Waals surface area contributed by atoms with Crippen LogP contribution in [-0.4, -0.2) is 34.7 Å². The normalized spacial score (nSPS) is 10.4. The van der Waals surface area contributed by atoms with Crippen LogP contribution in [0.15, 0.2) is 35.3 Å². The number of aryl methyl sites for hydroxylation is 1. The zero-order chi connectivity index (χ0) is 15.9. The molecule has 7 nitrogen and oxygen atoms in total. The van der Waals surface area contributed by atoms with Crippen molar-refractivity contribution in [3.8, 4) is 0 Å². The van der Waals surface area contributed by atoms with Crippen LogP contribution in [-0.2, 0) is 16.1 Å². The number of carbonyl (C=O) groups excluding carboxylic acids is 2. The Kier molecular flexibility index (Phi) is 5.24. The molecule has 7 heteroatoms. The number of carbonyl (C=O) groups is 2. The minimum absolute atomic E-state index is 0.0367. The number of fused-ring (bicyclic) bond motifs is 1. The Morgan fingerprint density at radius 1 is 1.18 bits per heavy atom. The van der Waals surface area contributed by atoms with Gasteiger partial charge in [0, 0.05) is 18.4 Å². The third-order valence-electron chi connectivity index (χ3n) is 3.13. The van der Waals surface area contributed by atoms with Gasteiger partial charge in [-0.3, -0.25) is 19.1 Å². The van der Waals surface area contributed by atoms with Gasteiger partial charge in [0.25, 0.3) is 0 Å². The van der Waals surface area contributed by atoms with E-state index in [1.165, 1.54) is 6.20 Å². The van der Waals surface area contributed by atoms with Crippen LogP contribution in [0, 0.1) is 0 Å². The molecule has 2 amide bonds. The number of amides is 2. The van der Waals surface area contributed by atoms with Crippen molar-refractivity contribution < 1.29 is 9.59 Å². The van der Waals surface area contributed by atoms with Gasteiger partial charge in [0.2, 0.25) is 17.2 Å². The van der Waals surface area contributed by atoms with E-state index in [1.807, 2.05) is 13.0 Å². The van der Waals surface area contributed by atoms with Gasteiger partial charge in [-0.1, -0.05) is 12.1 Å². The molecule has 0 bridgehead atoms. The van der Waals surface area contributed by atoms with Crippen LogP contribution in [0.2, 0.25) is 0 Å². The summed E-state index contributed by atoms with van der Waals surface area (Å²) in [6, 6.07) is 7.11. The van der Waals surface area contributed by atoms with Gasteiger partial charge in [0.05, 0.1) is 24.8 Å². The average Bonchev–Trinajstić information content (AvgIpc) is 2.53. The van der Waals surface area contributed by atoms with Crippen LogP contribution < -0.4 is 16.1 Å². The molecule has 1 aromatic heterocycles. The van der Waals surface area contributed by atoms with E-state index in [1.54, 1.807) is 22.9 Å². The SMILES string of the molecule is CCNC(=O)CNC(=O)CCn1ncc(=O)c2ccccc21. The second-order valence-corrected chi connectivity index (χ2v) is 4.73. The van der Waals surface area contributed by atoms with Crippen molar-refractivity contribution in [3.63, 3.8) is 0 Å². The highest BCUT2D eigenvalue weighted by atomic mass is 16.2. The maximum absolute atomic E-state index is 11.7. The molecular weight excluding hydrogens is 284 g/mol. The lowest BCUT2D eigenvalue weighted by Crippen LogP contribution is -2.37. The van der Waals surface area contributed by atoms with Crippen molar-refractivity contribution in [2.45, 2.75) is 19.9 Å². The minimum Gasteiger partial charge on any atom is -0.355 e. The lowest BCUT2D eigenvalue weighted by Gasteiger charge is -2.09. The van der Waals surface area contributed by atoms with Gasteiger partial charge in [-0.2, -0.15) is 5.10 Å². The quantitative estimate of drug-likeness (QED) is 0.788. The van der Waals surface area contributed by atoms with Crippen molar-refractivity contribution in [1.82, 2.24) is 20.4 Å². The highest BCUT2D eigenvalue weighted by Gasteiger charge is 2.07. The first-order valence-corrected chi connectivity index (χ1v) is 7.10. The molecule has 2 rings (SSSR count). The molecule has 0 aliphatic carbocycles. The first kappa shape index (κ1) is 15.7. The predicted octanol–water partition coefficient (Wildman–Crippen LogP) is 0.0389. The Hall–Kier alpha value is -2.70. The first-order valence-electron chi connectivity index (χ1n) is 7.10. The molecule has 0 spiro atoms. The summed E-state index contributed by atoms with van der Waals surface area (Å²) in [6.07, 6.45) is 1.42. The Balaban J connectivity index is 1.97. The molecule has 0 saturated heterocycles. The number of hydrogen-bond acceptors (Lipinski definition) is 4. The molecule has 0 atom stereocenters. The fraction of sp³-hybridized carbons (Fsp3) is 0.333. The van der Waals surface area contributed by atoms with E-state index >= 15 is 0 Å². The van der Waals surface area contributed by atoms with Crippen molar-refractivity contribution in [2.75, 3.05) is 13.1 Å². The number of aromatic nitrogens is 2. The van der Waals surface area contributed by atoms with E-state index in [9.17, 15) is 14.4 Å². The molecule has 1 aromatic carbocycles. The number of nitrogens with zero attached hydrogens (tertiary/aromatic N) is 2. The summed E-state index contributed by atoms with van der Waals surface area (Å²) in [5.74, 6) is -0.460. The standard InChI is InChI=1S/C15H18N4O3/c1-2-16-15(22)10-17-14(21)7-8-19-12-6-4-3-5-11(12)13(20)9-18-19/h3-6,9H,2,7-8,10H2,1H3,(H,16,22)(H,17,21). The third-order valence-corrected chi connectivity index (χ3v) is 3.13. The molecule has 1 heterocycles. The highest BCUT2D eigenvalue weighted by molar-refractivity contribution is 5.84. The van der Waals surface area contributed by atoms with Gasteiger partial charge in [-0.15, -0.1) is 0 Å². The fourth-order valence-corrected chi connectivity index (χ4v) is 2.07. The predicted molar refractivity (Wildman–Crippen MR) is 82.3 cm³/mol. The zero-order valence-electron chi connectivity index (χ0n) is 12.3. The van der Waals surface area contributed by atoms with Gasteiger partial charge in [0.1, 0.15) is 0 Å². The van der Waals surface area contributed by atoms with Gasteiger partial charge in [-0.05, 0) is 19.1 Å². The number of nitrogens with one attached hydrogen (secondary N) is 2. The molecule has 2 N–H and O–H groups in total. The highest BCUT2D eigenvalue weighted by Crippen LogP contribution is 2.08. The molecule has 0 aliphatic heterocycles. The fourth-order valence-electron chi connectivity index (χ4n) is 2.07. The van der Waals surface area contributed by atoms with Crippen molar-refractivity contribution in [3.05, 3.63) is 40.7 Å². The molecule has 0 aliphatic rings. The largest absolute Gasteiger partial charge is 0.355 e. The van der Waals surface area contributed by atoms with Crippen molar-refractivity contribution in [2.24, 2.45) is 0 Å². The van der Waals surface area contributed by atoms with Crippen LogP contribution in [0.3, 0.4) is 0 Å². The zero-order valence-corrected chi connectivity index (χ0v) is 12.3. The molecule has 116 valence electrons. The van der Waals surface area contributed by atoms with E-state index in [0.29, 0.717) is 24.0 Å². The molecule has 2 aromatic rings. The topological polar surface area (TPSA) is 93.1 Å². The monoisotopic (exact) mass is 302 g/mol. The third kappa shape index (κ3) is 3.91. The van der Waals surface area contributed by atoms with Crippen LogP contribution >= 0.6 is 0 Å². The molecular formula is C15H18N4O3. The minimum atomic E-state index is -0.240. The smallest absolute Gasteiger partial charge is 0.239 e. The number of benzene rings is 1. The van der Waals surface area contributed by atoms with E-state index in [4.69, 9.17) is 0 Å². The van der Waals surface area contributed by atoms with E-state index in [-0.39, 0.29) is 30.2 Å². The lowest BCUT2D eigenvalue weighted by molar-refractivity contribution is -0.126. The Morgan fingerprint density at radius 2 is 1.95 bits per heavy atom. The van der Waals surface area contributed by atoms with Crippen molar-refractivity contribution >= 4 is 22.7 Å². The summed E-state index contributed by atoms with van der Waals surface area (Å²) in [5.41, 5.74) is 0.541. The van der Waals surface area contributed by atoms with Crippen LogP contribution in [0.4, 0.5) is 0 Å². The Morgan fingerprint density at radius 3 is 2.73 bits per heavy atom. The molecule has 0 fully saturated rings. The maximum atomic E-state index is 11.7. The maximum Gasteiger partial charge on any atom is 0.239 e. The van der Waals surface area contributed by atoms with Crippen LogP contribution in [0.5, 0.6) is 0 Å². The summed E-state index contributed by atoms with van der Waals surface area (Å²) < 4.78 is 1.61. The molecule has 0 saturated carbocycles. The number of likely N-dealkylation sites (N-methyl/N-ethyl adjacent to an activating group) is 1. The Bertz CT molecular complexity index is 739. The first-order chi connectivity index (χ1) is 10.6.